The topological polar surface area (TPSA) is 73.1 Å². The van der Waals surface area contributed by atoms with Crippen LogP contribution in [0.15, 0.2) is 60.0 Å². The van der Waals surface area contributed by atoms with E-state index in [4.69, 9.17) is 0 Å². The number of benzene rings is 2. The molecule has 0 atom stereocenters. The zero-order valence-corrected chi connectivity index (χ0v) is 13.6. The smallest absolute Gasteiger partial charge is 0.269 e. The van der Waals surface area contributed by atoms with Gasteiger partial charge in [-0.2, -0.15) is 0 Å². The monoisotopic (exact) mass is 354 g/mol. The van der Waals surface area contributed by atoms with E-state index in [2.05, 4.69) is 4.98 Å². The van der Waals surface area contributed by atoms with Gasteiger partial charge in [0, 0.05) is 28.6 Å². The maximum Gasteiger partial charge on any atom is 0.269 e. The quantitative estimate of drug-likeness (QED) is 0.287. The fourth-order valence-corrected chi connectivity index (χ4v) is 2.89. The second-order valence-corrected chi connectivity index (χ2v) is 5.94. The average Bonchev–Trinajstić information content (AvgIpc) is 3.09. The summed E-state index contributed by atoms with van der Waals surface area (Å²) in [7, 11) is 0. The van der Waals surface area contributed by atoms with E-state index in [9.17, 15) is 19.3 Å². The van der Waals surface area contributed by atoms with Gasteiger partial charge < -0.3 is 0 Å². The minimum atomic E-state index is -0.518. The molecule has 0 aliphatic carbocycles. The van der Waals surface area contributed by atoms with Crippen LogP contribution >= 0.6 is 11.3 Å². The molecule has 0 saturated carbocycles. The number of hydrogen-bond donors (Lipinski definition) is 0. The number of rotatable bonds is 5. The molecular weight excluding hydrogens is 343 g/mol. The molecule has 3 rings (SSSR count). The van der Waals surface area contributed by atoms with Crippen LogP contribution in [0.3, 0.4) is 0 Å². The van der Waals surface area contributed by atoms with E-state index in [1.54, 1.807) is 23.6 Å². The first-order chi connectivity index (χ1) is 12.0. The summed E-state index contributed by atoms with van der Waals surface area (Å²) >= 11 is 1.39. The Morgan fingerprint density at radius 2 is 1.80 bits per heavy atom. The molecule has 0 spiro atoms. The maximum atomic E-state index is 12.9. The van der Waals surface area contributed by atoms with Gasteiger partial charge in [0.1, 0.15) is 10.8 Å². The van der Waals surface area contributed by atoms with E-state index in [0.29, 0.717) is 11.3 Å². The summed E-state index contributed by atoms with van der Waals surface area (Å²) in [5, 5.41) is 13.1. The lowest BCUT2D eigenvalue weighted by molar-refractivity contribution is -0.384. The van der Waals surface area contributed by atoms with Gasteiger partial charge >= 0.3 is 0 Å². The van der Waals surface area contributed by atoms with Gasteiger partial charge in [0.05, 0.1) is 10.6 Å². The van der Waals surface area contributed by atoms with Gasteiger partial charge in [-0.1, -0.05) is 0 Å². The van der Waals surface area contributed by atoms with Crippen molar-refractivity contribution in [1.29, 1.82) is 0 Å². The summed E-state index contributed by atoms with van der Waals surface area (Å²) in [6.07, 6.45) is 2.94. The highest BCUT2D eigenvalue weighted by Crippen LogP contribution is 2.24. The molecule has 1 aromatic heterocycles. The molecule has 0 N–H and O–H groups in total. The van der Waals surface area contributed by atoms with E-state index in [1.165, 1.54) is 53.8 Å². The molecule has 0 fully saturated rings. The Kier molecular flexibility index (Phi) is 4.76. The Morgan fingerprint density at radius 1 is 1.12 bits per heavy atom. The lowest BCUT2D eigenvalue weighted by atomic mass is 10.1. The molecule has 0 bridgehead atoms. The first-order valence-corrected chi connectivity index (χ1v) is 8.09. The molecule has 2 aromatic carbocycles. The van der Waals surface area contributed by atoms with Crippen molar-refractivity contribution in [3.8, 4) is 10.6 Å². The van der Waals surface area contributed by atoms with Gasteiger partial charge in [-0.25, -0.2) is 9.37 Å². The number of allylic oxidation sites excluding steroid dienone is 1. The maximum absolute atomic E-state index is 12.9. The number of halogens is 1. The van der Waals surface area contributed by atoms with E-state index in [-0.39, 0.29) is 17.3 Å². The number of carbonyl (C=O) groups is 1. The minimum Gasteiger partial charge on any atom is -0.289 e. The predicted molar refractivity (Wildman–Crippen MR) is 94.0 cm³/mol. The van der Waals surface area contributed by atoms with Crippen molar-refractivity contribution in [1.82, 2.24) is 4.98 Å². The number of non-ortho nitro benzene ring substituents is 1. The van der Waals surface area contributed by atoms with Gasteiger partial charge in [0.15, 0.2) is 5.78 Å². The van der Waals surface area contributed by atoms with Crippen molar-refractivity contribution >= 4 is 28.9 Å². The number of nitro benzene ring substituents is 1. The largest absolute Gasteiger partial charge is 0.289 e. The highest BCUT2D eigenvalue weighted by Gasteiger charge is 2.08. The van der Waals surface area contributed by atoms with E-state index in [1.807, 2.05) is 0 Å². The van der Waals surface area contributed by atoms with Crippen LogP contribution in [-0.2, 0) is 0 Å². The zero-order chi connectivity index (χ0) is 17.8. The first-order valence-electron chi connectivity index (χ1n) is 7.21. The van der Waals surface area contributed by atoms with Crippen LogP contribution in [0.5, 0.6) is 0 Å². The summed E-state index contributed by atoms with van der Waals surface area (Å²) in [6, 6.07) is 11.4. The van der Waals surface area contributed by atoms with Gasteiger partial charge in [-0.15, -0.1) is 11.3 Å². The Balaban J connectivity index is 1.72. The predicted octanol–water partition coefficient (Wildman–Crippen LogP) is 4.75. The highest BCUT2D eigenvalue weighted by atomic mass is 32.1. The molecule has 0 unspecified atom stereocenters. The molecule has 0 aliphatic heterocycles. The van der Waals surface area contributed by atoms with E-state index < -0.39 is 4.92 Å². The normalized spacial score (nSPS) is 10.9. The standard InChI is InChI=1S/C18H11FN2O3S/c19-14-5-1-13(2-6-14)18-20-15(11-25-18)7-10-17(22)12-3-8-16(9-4-12)21(23)24/h1-11H/b10-7+. The third-order valence-electron chi connectivity index (χ3n) is 3.38. The van der Waals surface area contributed by atoms with Crippen molar-refractivity contribution < 1.29 is 14.1 Å². The molecule has 124 valence electrons. The van der Waals surface area contributed by atoms with Gasteiger partial charge in [0.25, 0.3) is 5.69 Å². The molecule has 0 radical (unpaired) electrons. The zero-order valence-electron chi connectivity index (χ0n) is 12.8. The van der Waals surface area contributed by atoms with Crippen molar-refractivity contribution in [3.05, 3.63) is 87.2 Å². The number of thiazole rings is 1. The van der Waals surface area contributed by atoms with Crippen molar-refractivity contribution in [2.45, 2.75) is 0 Å². The van der Waals surface area contributed by atoms with Gasteiger partial charge in [0.2, 0.25) is 0 Å². The molecule has 3 aromatic rings. The summed E-state index contributed by atoms with van der Waals surface area (Å²) in [5.41, 5.74) is 1.70. The van der Waals surface area contributed by atoms with Crippen molar-refractivity contribution in [2.24, 2.45) is 0 Å². The van der Waals surface area contributed by atoms with Crippen molar-refractivity contribution in [3.63, 3.8) is 0 Å². The molecule has 25 heavy (non-hydrogen) atoms. The molecule has 7 heteroatoms. The van der Waals surface area contributed by atoms with Crippen molar-refractivity contribution in [2.75, 3.05) is 0 Å². The van der Waals surface area contributed by atoms with Crippen LogP contribution in [0.25, 0.3) is 16.6 Å². The molecule has 0 amide bonds. The number of nitro groups is 1. The average molecular weight is 354 g/mol. The van der Waals surface area contributed by atoms with Crippen LogP contribution < -0.4 is 0 Å². The molecular formula is C18H11FN2O3S. The van der Waals surface area contributed by atoms with Crippen LogP contribution in [0.2, 0.25) is 0 Å². The Bertz CT molecular complexity index is 947. The van der Waals surface area contributed by atoms with Gasteiger partial charge in [-0.05, 0) is 48.6 Å². The lowest BCUT2D eigenvalue weighted by Crippen LogP contribution is -1.95. The Labute approximate surface area is 146 Å². The third-order valence-corrected chi connectivity index (χ3v) is 4.29. The highest BCUT2D eigenvalue weighted by molar-refractivity contribution is 7.13. The number of aromatic nitrogens is 1. The minimum absolute atomic E-state index is 0.0658. The second kappa shape index (κ2) is 7.14. The molecule has 0 saturated heterocycles. The summed E-state index contributed by atoms with van der Waals surface area (Å²) in [4.78, 5) is 26.6. The summed E-state index contributed by atoms with van der Waals surface area (Å²) in [5.74, 6) is -0.583. The number of ketones is 1. The van der Waals surface area contributed by atoms with E-state index in [0.717, 1.165) is 10.6 Å². The van der Waals surface area contributed by atoms with Gasteiger partial charge in [-0.3, -0.25) is 14.9 Å². The van der Waals surface area contributed by atoms with Crippen LogP contribution in [0, 0.1) is 15.9 Å². The fourth-order valence-electron chi connectivity index (χ4n) is 2.09. The first kappa shape index (κ1) is 16.7. The Hall–Kier alpha value is -3.19. The second-order valence-electron chi connectivity index (χ2n) is 5.09. The molecule has 1 heterocycles. The molecule has 5 nitrogen and oxygen atoms in total. The SMILES string of the molecule is O=C(/C=C/c1csc(-c2ccc(F)cc2)n1)c1ccc([N+](=O)[O-])cc1. The van der Waals surface area contributed by atoms with Crippen LogP contribution in [0.1, 0.15) is 16.1 Å². The van der Waals surface area contributed by atoms with E-state index >= 15 is 0 Å². The number of hydrogen-bond acceptors (Lipinski definition) is 5. The molecule has 0 aliphatic rings. The number of carbonyl (C=O) groups excluding carboxylic acids is 1. The van der Waals surface area contributed by atoms with Crippen LogP contribution in [0.4, 0.5) is 10.1 Å². The Morgan fingerprint density at radius 3 is 2.44 bits per heavy atom. The third kappa shape index (κ3) is 4.02. The summed E-state index contributed by atoms with van der Waals surface area (Å²) in [6.45, 7) is 0. The van der Waals surface area contributed by atoms with Crippen LogP contribution in [-0.4, -0.2) is 15.7 Å². The lowest BCUT2D eigenvalue weighted by Gasteiger charge is -1.95. The number of nitrogens with zero attached hydrogens (tertiary/aromatic N) is 2. The fraction of sp³-hybridized carbons (Fsp3) is 0. The summed E-state index contributed by atoms with van der Waals surface area (Å²) < 4.78 is 12.9.